The first-order valence-electron chi connectivity index (χ1n) is 5.04. The van der Waals surface area contributed by atoms with Crippen LogP contribution in [0, 0.1) is 13.8 Å². The lowest BCUT2D eigenvalue weighted by Gasteiger charge is -2.17. The second kappa shape index (κ2) is 4.97. The Morgan fingerprint density at radius 3 is 2.71 bits per heavy atom. The van der Waals surface area contributed by atoms with Gasteiger partial charge in [-0.25, -0.2) is 0 Å². The van der Waals surface area contributed by atoms with Gasteiger partial charge in [-0.1, -0.05) is 29.8 Å². The third-order valence-corrected chi connectivity index (χ3v) is 2.56. The molecule has 0 saturated heterocycles. The molecule has 0 fully saturated rings. The fourth-order valence-electron chi connectivity index (χ4n) is 1.70. The molecular formula is C13H19N. The van der Waals surface area contributed by atoms with Crippen molar-refractivity contribution in [3.05, 3.63) is 47.5 Å². The topological polar surface area (TPSA) is 12.0 Å². The standard InChI is InChI=1S/C13H19N/c1-5-6-13(14-4)12-9-10(2)7-8-11(12)3/h5,7-9,13-14H,1,6H2,2-4H3. The van der Waals surface area contributed by atoms with Gasteiger partial charge in [0.2, 0.25) is 0 Å². The van der Waals surface area contributed by atoms with Crippen LogP contribution in [0.1, 0.15) is 29.2 Å². The molecule has 0 aliphatic heterocycles. The summed E-state index contributed by atoms with van der Waals surface area (Å²) in [5.41, 5.74) is 4.04. The van der Waals surface area contributed by atoms with Gasteiger partial charge in [0.25, 0.3) is 0 Å². The summed E-state index contributed by atoms with van der Waals surface area (Å²) >= 11 is 0. The van der Waals surface area contributed by atoms with Crippen molar-refractivity contribution in [3.63, 3.8) is 0 Å². The molecule has 1 N–H and O–H groups in total. The fourth-order valence-corrected chi connectivity index (χ4v) is 1.70. The average Bonchev–Trinajstić information content (AvgIpc) is 2.18. The molecule has 76 valence electrons. The van der Waals surface area contributed by atoms with Gasteiger partial charge in [0, 0.05) is 6.04 Å². The predicted octanol–water partition coefficient (Wildman–Crippen LogP) is 3.14. The summed E-state index contributed by atoms with van der Waals surface area (Å²) in [5.74, 6) is 0. The van der Waals surface area contributed by atoms with Crippen LogP contribution in [0.15, 0.2) is 30.9 Å². The summed E-state index contributed by atoms with van der Waals surface area (Å²) in [6, 6.07) is 6.98. The number of hydrogen-bond donors (Lipinski definition) is 1. The van der Waals surface area contributed by atoms with Gasteiger partial charge in [0.05, 0.1) is 0 Å². The fraction of sp³-hybridized carbons (Fsp3) is 0.385. The molecular weight excluding hydrogens is 170 g/mol. The number of rotatable bonds is 4. The molecule has 0 saturated carbocycles. The van der Waals surface area contributed by atoms with Crippen LogP contribution in [-0.2, 0) is 0 Å². The normalized spacial score (nSPS) is 12.5. The Kier molecular flexibility index (Phi) is 3.90. The Bertz CT molecular complexity index is 315. The Labute approximate surface area is 86.8 Å². The van der Waals surface area contributed by atoms with Crippen LogP contribution in [0.3, 0.4) is 0 Å². The predicted molar refractivity (Wildman–Crippen MR) is 62.5 cm³/mol. The van der Waals surface area contributed by atoms with E-state index in [2.05, 4.69) is 43.9 Å². The van der Waals surface area contributed by atoms with Gasteiger partial charge in [0.1, 0.15) is 0 Å². The summed E-state index contributed by atoms with van der Waals surface area (Å²) in [5, 5.41) is 3.32. The first-order chi connectivity index (χ1) is 6.69. The summed E-state index contributed by atoms with van der Waals surface area (Å²) in [6.07, 6.45) is 2.93. The third kappa shape index (κ3) is 2.46. The number of benzene rings is 1. The minimum absolute atomic E-state index is 0.396. The highest BCUT2D eigenvalue weighted by Crippen LogP contribution is 2.21. The molecule has 1 aromatic rings. The first-order valence-corrected chi connectivity index (χ1v) is 5.04. The van der Waals surface area contributed by atoms with Crippen LogP contribution in [-0.4, -0.2) is 7.05 Å². The van der Waals surface area contributed by atoms with E-state index in [0.717, 1.165) is 6.42 Å². The molecule has 0 spiro atoms. The van der Waals surface area contributed by atoms with Crippen LogP contribution < -0.4 is 5.32 Å². The van der Waals surface area contributed by atoms with E-state index in [1.54, 1.807) is 0 Å². The van der Waals surface area contributed by atoms with Crippen LogP contribution >= 0.6 is 0 Å². The van der Waals surface area contributed by atoms with Crippen molar-refractivity contribution in [2.75, 3.05) is 7.05 Å². The lowest BCUT2D eigenvalue weighted by molar-refractivity contribution is 0.600. The van der Waals surface area contributed by atoms with Gasteiger partial charge in [-0.3, -0.25) is 0 Å². The number of aryl methyl sites for hydroxylation is 2. The lowest BCUT2D eigenvalue weighted by Crippen LogP contribution is -2.16. The highest BCUT2D eigenvalue weighted by molar-refractivity contribution is 5.33. The van der Waals surface area contributed by atoms with Crippen LogP contribution in [0.2, 0.25) is 0 Å². The monoisotopic (exact) mass is 189 g/mol. The second-order valence-corrected chi connectivity index (χ2v) is 3.73. The van der Waals surface area contributed by atoms with E-state index in [1.807, 2.05) is 13.1 Å². The van der Waals surface area contributed by atoms with Gasteiger partial charge < -0.3 is 5.32 Å². The lowest BCUT2D eigenvalue weighted by atomic mass is 9.97. The Balaban J connectivity index is 3.01. The molecule has 0 radical (unpaired) electrons. The highest BCUT2D eigenvalue weighted by Gasteiger charge is 2.09. The van der Waals surface area contributed by atoms with E-state index in [9.17, 15) is 0 Å². The second-order valence-electron chi connectivity index (χ2n) is 3.73. The largest absolute Gasteiger partial charge is 0.313 e. The highest BCUT2D eigenvalue weighted by atomic mass is 14.9. The van der Waals surface area contributed by atoms with Crippen molar-refractivity contribution in [3.8, 4) is 0 Å². The zero-order valence-corrected chi connectivity index (χ0v) is 9.30. The van der Waals surface area contributed by atoms with Gasteiger partial charge in [0.15, 0.2) is 0 Å². The summed E-state index contributed by atoms with van der Waals surface area (Å²) in [7, 11) is 2.00. The summed E-state index contributed by atoms with van der Waals surface area (Å²) in [6.45, 7) is 8.07. The van der Waals surface area contributed by atoms with Crippen LogP contribution in [0.4, 0.5) is 0 Å². The zero-order chi connectivity index (χ0) is 10.6. The molecule has 0 bridgehead atoms. The third-order valence-electron chi connectivity index (χ3n) is 2.56. The molecule has 1 rings (SSSR count). The molecule has 1 atom stereocenters. The molecule has 1 heteroatoms. The molecule has 0 amide bonds. The maximum Gasteiger partial charge on any atom is 0.0355 e. The van der Waals surface area contributed by atoms with Gasteiger partial charge in [-0.2, -0.15) is 0 Å². The van der Waals surface area contributed by atoms with Crippen LogP contribution in [0.5, 0.6) is 0 Å². The van der Waals surface area contributed by atoms with Crippen molar-refractivity contribution >= 4 is 0 Å². The maximum atomic E-state index is 3.79. The van der Waals surface area contributed by atoms with Gasteiger partial charge >= 0.3 is 0 Å². The Morgan fingerprint density at radius 1 is 1.43 bits per heavy atom. The van der Waals surface area contributed by atoms with Gasteiger partial charge in [-0.15, -0.1) is 6.58 Å². The van der Waals surface area contributed by atoms with Crippen molar-refractivity contribution in [2.24, 2.45) is 0 Å². The van der Waals surface area contributed by atoms with Crippen molar-refractivity contribution in [2.45, 2.75) is 26.3 Å². The van der Waals surface area contributed by atoms with E-state index in [-0.39, 0.29) is 0 Å². The molecule has 1 nitrogen and oxygen atoms in total. The molecule has 0 heterocycles. The van der Waals surface area contributed by atoms with Crippen LogP contribution in [0.25, 0.3) is 0 Å². The molecule has 0 aromatic heterocycles. The molecule has 0 aliphatic rings. The molecule has 1 unspecified atom stereocenters. The van der Waals surface area contributed by atoms with E-state index in [0.29, 0.717) is 6.04 Å². The summed E-state index contributed by atoms with van der Waals surface area (Å²) < 4.78 is 0. The minimum Gasteiger partial charge on any atom is -0.313 e. The number of hydrogen-bond acceptors (Lipinski definition) is 1. The number of nitrogens with one attached hydrogen (secondary N) is 1. The molecule has 14 heavy (non-hydrogen) atoms. The summed E-state index contributed by atoms with van der Waals surface area (Å²) in [4.78, 5) is 0. The quantitative estimate of drug-likeness (QED) is 0.717. The van der Waals surface area contributed by atoms with E-state index in [1.165, 1.54) is 16.7 Å². The zero-order valence-electron chi connectivity index (χ0n) is 9.30. The minimum atomic E-state index is 0.396. The Hall–Kier alpha value is -1.08. The Morgan fingerprint density at radius 2 is 2.14 bits per heavy atom. The van der Waals surface area contributed by atoms with E-state index < -0.39 is 0 Å². The van der Waals surface area contributed by atoms with E-state index in [4.69, 9.17) is 0 Å². The smallest absolute Gasteiger partial charge is 0.0355 e. The maximum absolute atomic E-state index is 3.79. The van der Waals surface area contributed by atoms with Crippen molar-refractivity contribution < 1.29 is 0 Å². The van der Waals surface area contributed by atoms with Crippen molar-refractivity contribution in [1.29, 1.82) is 0 Å². The first kappa shape index (κ1) is 11.0. The van der Waals surface area contributed by atoms with E-state index >= 15 is 0 Å². The SMILES string of the molecule is C=CCC(NC)c1cc(C)ccc1C. The van der Waals surface area contributed by atoms with Crippen molar-refractivity contribution in [1.82, 2.24) is 5.32 Å². The average molecular weight is 189 g/mol. The molecule has 0 aliphatic carbocycles. The molecule has 1 aromatic carbocycles. The van der Waals surface area contributed by atoms with Gasteiger partial charge in [-0.05, 0) is 38.4 Å².